The lowest BCUT2D eigenvalue weighted by Gasteiger charge is -2.36. The number of hydrogen-bond donors (Lipinski definition) is 2. The number of nitrogens with one attached hydrogen (secondary N) is 1. The van der Waals surface area contributed by atoms with E-state index in [4.69, 9.17) is 4.74 Å². The molecule has 1 aromatic rings. The van der Waals surface area contributed by atoms with Crippen LogP contribution in [0.3, 0.4) is 0 Å². The first-order chi connectivity index (χ1) is 17.1. The standard InChI is InChI=1S/C25H34F3N3O5/c1-36-22(33)9-4-17-2-7-21(8-3-17)31(14-15-32)24(35)29-20-6-5-18-10-12-30(13-11-19(18)16-20)23(34)25(26,27)28/h5-6,16-17,21,32H,2-4,7-15H2,1H3,(H,29,35). The van der Waals surface area contributed by atoms with Crippen LogP contribution in [0, 0.1) is 5.92 Å². The lowest BCUT2D eigenvalue weighted by molar-refractivity contribution is -0.185. The van der Waals surface area contributed by atoms with E-state index in [0.717, 1.165) is 48.1 Å². The molecule has 2 aliphatic rings. The molecule has 0 radical (unpaired) electrons. The summed E-state index contributed by atoms with van der Waals surface area (Å²) in [4.78, 5) is 38.6. The van der Waals surface area contributed by atoms with Gasteiger partial charge < -0.3 is 25.0 Å². The number of esters is 1. The molecular formula is C25H34F3N3O5. The van der Waals surface area contributed by atoms with Gasteiger partial charge in [-0.15, -0.1) is 0 Å². The number of hydrogen-bond acceptors (Lipinski definition) is 5. The van der Waals surface area contributed by atoms with Crippen LogP contribution in [0.15, 0.2) is 18.2 Å². The highest BCUT2D eigenvalue weighted by Gasteiger charge is 2.42. The molecule has 1 aliphatic carbocycles. The molecule has 3 amide bonds. The SMILES string of the molecule is COC(=O)CCC1CCC(N(CCO)C(=O)Nc2ccc3c(c2)CCN(C(=O)C(F)(F)F)CC3)CC1. The van der Waals surface area contributed by atoms with E-state index in [2.05, 4.69) is 5.32 Å². The van der Waals surface area contributed by atoms with Crippen LogP contribution < -0.4 is 5.32 Å². The highest BCUT2D eigenvalue weighted by Crippen LogP contribution is 2.31. The van der Waals surface area contributed by atoms with Crippen LogP contribution in [0.2, 0.25) is 0 Å². The van der Waals surface area contributed by atoms with Crippen molar-refractivity contribution in [3.05, 3.63) is 29.3 Å². The van der Waals surface area contributed by atoms with Crippen LogP contribution in [0.1, 0.15) is 49.7 Å². The third-order valence-corrected chi connectivity index (χ3v) is 7.13. The maximum atomic E-state index is 13.1. The molecule has 0 spiro atoms. The topological polar surface area (TPSA) is 99.2 Å². The van der Waals surface area contributed by atoms with Crippen molar-refractivity contribution >= 4 is 23.6 Å². The molecule has 1 fully saturated rings. The average Bonchev–Trinajstić information content (AvgIpc) is 3.07. The summed E-state index contributed by atoms with van der Waals surface area (Å²) >= 11 is 0. The number of methoxy groups -OCH3 is 1. The van der Waals surface area contributed by atoms with Gasteiger partial charge in [-0.05, 0) is 74.1 Å². The fraction of sp³-hybridized carbons (Fsp3) is 0.640. The lowest BCUT2D eigenvalue weighted by atomic mass is 9.83. The number of carbonyl (C=O) groups excluding carboxylic acids is 3. The quantitative estimate of drug-likeness (QED) is 0.544. The molecule has 1 aliphatic heterocycles. The first-order valence-corrected chi connectivity index (χ1v) is 12.4. The normalized spacial score (nSPS) is 20.2. The van der Waals surface area contributed by atoms with E-state index in [-0.39, 0.29) is 50.7 Å². The van der Waals surface area contributed by atoms with Gasteiger partial charge in [0.2, 0.25) is 0 Å². The lowest BCUT2D eigenvalue weighted by Crippen LogP contribution is -2.46. The monoisotopic (exact) mass is 513 g/mol. The van der Waals surface area contributed by atoms with Crippen LogP contribution in [0.5, 0.6) is 0 Å². The summed E-state index contributed by atoms with van der Waals surface area (Å²) < 4.78 is 43.2. The van der Waals surface area contributed by atoms with E-state index in [1.54, 1.807) is 23.1 Å². The molecule has 0 saturated heterocycles. The molecule has 1 aromatic carbocycles. The Hall–Kier alpha value is -2.82. The van der Waals surface area contributed by atoms with Crippen molar-refractivity contribution in [2.75, 3.05) is 38.7 Å². The van der Waals surface area contributed by atoms with Crippen LogP contribution >= 0.6 is 0 Å². The predicted octanol–water partition coefficient (Wildman–Crippen LogP) is 3.51. The Balaban J connectivity index is 1.59. The van der Waals surface area contributed by atoms with E-state index in [0.29, 0.717) is 24.4 Å². The Morgan fingerprint density at radius 1 is 1.11 bits per heavy atom. The summed E-state index contributed by atoms with van der Waals surface area (Å²) in [6.45, 7) is -0.0477. The number of amides is 3. The van der Waals surface area contributed by atoms with Gasteiger partial charge >= 0.3 is 24.1 Å². The Morgan fingerprint density at radius 2 is 1.78 bits per heavy atom. The minimum atomic E-state index is -4.90. The fourth-order valence-electron chi connectivity index (χ4n) is 5.11. The number of fused-ring (bicyclic) bond motifs is 1. The zero-order valence-electron chi connectivity index (χ0n) is 20.5. The largest absolute Gasteiger partial charge is 0.471 e. The molecule has 36 heavy (non-hydrogen) atoms. The van der Waals surface area contributed by atoms with Crippen LogP contribution in [-0.4, -0.2) is 78.4 Å². The number of benzene rings is 1. The van der Waals surface area contributed by atoms with Crippen molar-refractivity contribution in [2.45, 2.75) is 63.6 Å². The molecular weight excluding hydrogens is 479 g/mol. The van der Waals surface area contributed by atoms with Gasteiger partial charge in [-0.2, -0.15) is 13.2 Å². The molecule has 0 aromatic heterocycles. The maximum Gasteiger partial charge on any atom is 0.471 e. The van der Waals surface area contributed by atoms with Crippen molar-refractivity contribution in [2.24, 2.45) is 5.92 Å². The van der Waals surface area contributed by atoms with Crippen molar-refractivity contribution in [1.82, 2.24) is 9.80 Å². The summed E-state index contributed by atoms with van der Waals surface area (Å²) in [5.74, 6) is -1.66. The predicted molar refractivity (Wildman–Crippen MR) is 126 cm³/mol. The molecule has 200 valence electrons. The molecule has 11 heteroatoms. The zero-order valence-corrected chi connectivity index (χ0v) is 20.5. The summed E-state index contributed by atoms with van der Waals surface area (Å²) in [7, 11) is 1.37. The number of urea groups is 1. The van der Waals surface area contributed by atoms with Gasteiger partial charge in [-0.25, -0.2) is 4.79 Å². The van der Waals surface area contributed by atoms with Gasteiger partial charge in [0.1, 0.15) is 0 Å². The number of nitrogens with zero attached hydrogens (tertiary/aromatic N) is 2. The number of carbonyl (C=O) groups is 3. The Bertz CT molecular complexity index is 932. The zero-order chi connectivity index (χ0) is 26.3. The van der Waals surface area contributed by atoms with Crippen LogP contribution in [0.25, 0.3) is 0 Å². The molecule has 0 unspecified atom stereocenters. The van der Waals surface area contributed by atoms with Gasteiger partial charge in [-0.1, -0.05) is 6.07 Å². The van der Waals surface area contributed by atoms with E-state index in [9.17, 15) is 32.7 Å². The Morgan fingerprint density at radius 3 is 2.39 bits per heavy atom. The third kappa shape index (κ3) is 7.35. The van der Waals surface area contributed by atoms with Gasteiger partial charge in [0.25, 0.3) is 0 Å². The summed E-state index contributed by atoms with van der Waals surface area (Å²) in [6.07, 6.45) is 0.106. The first kappa shape index (κ1) is 27.8. The fourth-order valence-corrected chi connectivity index (χ4v) is 5.11. The molecule has 0 bridgehead atoms. The second kappa shape index (κ2) is 12.4. The van der Waals surface area contributed by atoms with Crippen molar-refractivity contribution < 1.29 is 37.4 Å². The van der Waals surface area contributed by atoms with E-state index < -0.39 is 12.1 Å². The van der Waals surface area contributed by atoms with Gasteiger partial charge in [0.15, 0.2) is 0 Å². The number of halogens is 3. The summed E-state index contributed by atoms with van der Waals surface area (Å²) in [6, 6.07) is 4.85. The van der Waals surface area contributed by atoms with Crippen LogP contribution in [-0.2, 0) is 27.2 Å². The summed E-state index contributed by atoms with van der Waals surface area (Å²) in [5, 5.41) is 12.4. The second-order valence-corrected chi connectivity index (χ2v) is 9.41. The molecule has 3 rings (SSSR count). The summed E-state index contributed by atoms with van der Waals surface area (Å²) in [5.41, 5.74) is 2.16. The molecule has 2 N–H and O–H groups in total. The minimum Gasteiger partial charge on any atom is -0.469 e. The number of anilines is 1. The van der Waals surface area contributed by atoms with Crippen LogP contribution in [0.4, 0.5) is 23.7 Å². The van der Waals surface area contributed by atoms with E-state index in [1.165, 1.54) is 7.11 Å². The second-order valence-electron chi connectivity index (χ2n) is 9.41. The number of aliphatic hydroxyl groups is 1. The highest BCUT2D eigenvalue weighted by molar-refractivity contribution is 5.89. The van der Waals surface area contributed by atoms with Crippen molar-refractivity contribution in [3.8, 4) is 0 Å². The third-order valence-electron chi connectivity index (χ3n) is 7.13. The number of rotatable bonds is 7. The van der Waals surface area contributed by atoms with E-state index >= 15 is 0 Å². The Labute approximate surface area is 208 Å². The number of ether oxygens (including phenoxy) is 1. The smallest absolute Gasteiger partial charge is 0.469 e. The Kier molecular flexibility index (Phi) is 9.58. The first-order valence-electron chi connectivity index (χ1n) is 12.4. The van der Waals surface area contributed by atoms with E-state index in [1.807, 2.05) is 0 Å². The van der Waals surface area contributed by atoms with Gasteiger partial charge in [0, 0.05) is 37.8 Å². The van der Waals surface area contributed by atoms with Gasteiger partial charge in [0.05, 0.1) is 13.7 Å². The van der Waals surface area contributed by atoms with Gasteiger partial charge in [-0.3, -0.25) is 9.59 Å². The molecule has 8 nitrogen and oxygen atoms in total. The average molecular weight is 514 g/mol. The molecule has 0 atom stereocenters. The van der Waals surface area contributed by atoms with Crippen molar-refractivity contribution in [3.63, 3.8) is 0 Å². The van der Waals surface area contributed by atoms with Crippen molar-refractivity contribution in [1.29, 1.82) is 0 Å². The molecule has 1 heterocycles. The highest BCUT2D eigenvalue weighted by atomic mass is 19.4. The molecule has 1 saturated carbocycles. The minimum absolute atomic E-state index is 0.0103. The maximum absolute atomic E-state index is 13.1. The number of alkyl halides is 3. The number of aliphatic hydroxyl groups excluding tert-OH is 1.